The molecule has 1 N–H and O–H groups in total. The van der Waals surface area contributed by atoms with Gasteiger partial charge in [-0.1, -0.05) is 54.4 Å². The Labute approximate surface area is 214 Å². The zero-order chi connectivity index (χ0) is 26.6. The molecule has 0 fully saturated rings. The predicted octanol–water partition coefficient (Wildman–Crippen LogP) is 4.44. The highest BCUT2D eigenvalue weighted by atomic mass is 35.5. The number of halogens is 1. The maximum atomic E-state index is 13.7. The van der Waals surface area contributed by atoms with Crippen molar-refractivity contribution in [3.63, 3.8) is 0 Å². The molecule has 9 heteroatoms. The third-order valence-electron chi connectivity index (χ3n) is 5.44. The molecule has 0 spiro atoms. The van der Waals surface area contributed by atoms with Gasteiger partial charge in [0.2, 0.25) is 21.8 Å². The van der Waals surface area contributed by atoms with Gasteiger partial charge in [-0.3, -0.25) is 13.9 Å². The standard InChI is InChI=1S/C26H36ClN3O4S/c1-8-23(25(32)28-26(4,5)6)29(16-20-11-9-10-18(2)14-20)24(31)17-30(35(7,33)34)21-13-12-19(3)22(27)15-21/h9-15,23H,8,16-17H2,1-7H3,(H,28,32). The van der Waals surface area contributed by atoms with Crippen LogP contribution in [0.1, 0.15) is 50.8 Å². The summed E-state index contributed by atoms with van der Waals surface area (Å²) in [4.78, 5) is 28.3. The Morgan fingerprint density at radius 2 is 1.74 bits per heavy atom. The average Bonchev–Trinajstić information content (AvgIpc) is 2.71. The summed E-state index contributed by atoms with van der Waals surface area (Å²) in [5.74, 6) is -0.769. The molecule has 2 amide bonds. The van der Waals surface area contributed by atoms with E-state index in [1.54, 1.807) is 12.1 Å². The fraction of sp³-hybridized carbons (Fsp3) is 0.462. The third-order valence-corrected chi connectivity index (χ3v) is 6.99. The first kappa shape index (κ1) is 28.7. The third kappa shape index (κ3) is 8.25. The van der Waals surface area contributed by atoms with E-state index >= 15 is 0 Å². The Balaban J connectivity index is 2.48. The van der Waals surface area contributed by atoms with Crippen LogP contribution in [-0.4, -0.2) is 49.5 Å². The lowest BCUT2D eigenvalue weighted by Gasteiger charge is -2.34. The van der Waals surface area contributed by atoms with Crippen LogP contribution in [0.5, 0.6) is 0 Å². The first-order valence-electron chi connectivity index (χ1n) is 11.5. The van der Waals surface area contributed by atoms with E-state index in [0.717, 1.165) is 27.3 Å². The monoisotopic (exact) mass is 521 g/mol. The van der Waals surface area contributed by atoms with Gasteiger partial charge in [-0.15, -0.1) is 0 Å². The Morgan fingerprint density at radius 1 is 1.09 bits per heavy atom. The van der Waals surface area contributed by atoms with Gasteiger partial charge in [0.05, 0.1) is 11.9 Å². The number of nitrogens with one attached hydrogen (secondary N) is 1. The summed E-state index contributed by atoms with van der Waals surface area (Å²) >= 11 is 6.24. The number of carbonyl (C=O) groups is 2. The van der Waals surface area contributed by atoms with Gasteiger partial charge in [0.25, 0.3) is 0 Å². The maximum Gasteiger partial charge on any atom is 0.244 e. The molecule has 0 saturated carbocycles. The molecule has 2 aromatic carbocycles. The molecule has 0 bridgehead atoms. The normalized spacial score (nSPS) is 12.7. The summed E-state index contributed by atoms with van der Waals surface area (Å²) in [5, 5.41) is 3.35. The van der Waals surface area contributed by atoms with E-state index in [1.165, 1.54) is 11.0 Å². The number of benzene rings is 2. The quantitative estimate of drug-likeness (QED) is 0.528. The van der Waals surface area contributed by atoms with Crippen LogP contribution in [0.3, 0.4) is 0 Å². The van der Waals surface area contributed by atoms with Crippen molar-refractivity contribution >= 4 is 39.1 Å². The number of carbonyl (C=O) groups excluding carboxylic acids is 2. The fourth-order valence-electron chi connectivity index (χ4n) is 3.73. The average molecular weight is 522 g/mol. The lowest BCUT2D eigenvalue weighted by Crippen LogP contribution is -2.55. The van der Waals surface area contributed by atoms with Crippen molar-refractivity contribution in [3.05, 3.63) is 64.2 Å². The van der Waals surface area contributed by atoms with Gasteiger partial charge < -0.3 is 10.2 Å². The molecule has 7 nitrogen and oxygen atoms in total. The summed E-state index contributed by atoms with van der Waals surface area (Å²) in [7, 11) is -3.81. The maximum absolute atomic E-state index is 13.7. The lowest BCUT2D eigenvalue weighted by atomic mass is 10.0. The van der Waals surface area contributed by atoms with Crippen LogP contribution in [0.25, 0.3) is 0 Å². The van der Waals surface area contributed by atoms with E-state index in [9.17, 15) is 18.0 Å². The summed E-state index contributed by atoms with van der Waals surface area (Å²) in [6.07, 6.45) is 1.41. The molecule has 1 unspecified atom stereocenters. The summed E-state index contributed by atoms with van der Waals surface area (Å²) < 4.78 is 26.4. The van der Waals surface area contributed by atoms with Crippen molar-refractivity contribution in [2.24, 2.45) is 0 Å². The summed E-state index contributed by atoms with van der Waals surface area (Å²) in [5.41, 5.74) is 2.47. The van der Waals surface area contributed by atoms with Crippen molar-refractivity contribution in [2.75, 3.05) is 17.1 Å². The zero-order valence-corrected chi connectivity index (χ0v) is 23.1. The lowest BCUT2D eigenvalue weighted by molar-refractivity contribution is -0.141. The minimum atomic E-state index is -3.81. The smallest absolute Gasteiger partial charge is 0.244 e. The number of nitrogens with zero attached hydrogens (tertiary/aromatic N) is 2. The Kier molecular flexibility index (Phi) is 9.36. The molecule has 0 aliphatic carbocycles. The van der Waals surface area contributed by atoms with Gasteiger partial charge >= 0.3 is 0 Å². The number of hydrogen-bond acceptors (Lipinski definition) is 4. The number of aryl methyl sites for hydroxylation is 2. The second-order valence-electron chi connectivity index (χ2n) is 9.88. The SMILES string of the molecule is CCC(C(=O)NC(C)(C)C)N(Cc1cccc(C)c1)C(=O)CN(c1ccc(C)c(Cl)c1)S(C)(=O)=O. The van der Waals surface area contributed by atoms with Crippen molar-refractivity contribution in [1.82, 2.24) is 10.2 Å². The zero-order valence-electron chi connectivity index (χ0n) is 21.6. The molecule has 35 heavy (non-hydrogen) atoms. The second kappa shape index (κ2) is 11.4. The molecular formula is C26H36ClN3O4S. The largest absolute Gasteiger partial charge is 0.350 e. The highest BCUT2D eigenvalue weighted by Gasteiger charge is 2.33. The highest BCUT2D eigenvalue weighted by Crippen LogP contribution is 2.25. The Morgan fingerprint density at radius 3 is 2.26 bits per heavy atom. The molecule has 1 atom stereocenters. The van der Waals surface area contributed by atoms with Crippen LogP contribution in [0.2, 0.25) is 5.02 Å². The number of rotatable bonds is 9. The van der Waals surface area contributed by atoms with E-state index < -0.39 is 34.1 Å². The molecule has 2 rings (SSSR count). The van der Waals surface area contributed by atoms with Gasteiger partial charge in [0, 0.05) is 17.1 Å². The number of sulfonamides is 1. The van der Waals surface area contributed by atoms with Crippen molar-refractivity contribution in [3.8, 4) is 0 Å². The number of hydrogen-bond donors (Lipinski definition) is 1. The molecule has 0 heterocycles. The van der Waals surface area contributed by atoms with Gasteiger partial charge in [-0.05, 0) is 64.3 Å². The number of anilines is 1. The fourth-order valence-corrected chi connectivity index (χ4v) is 4.75. The Bertz CT molecular complexity index is 1180. The molecule has 192 valence electrons. The van der Waals surface area contributed by atoms with Gasteiger partial charge in [-0.25, -0.2) is 8.42 Å². The molecule has 0 saturated heterocycles. The minimum Gasteiger partial charge on any atom is -0.350 e. The first-order valence-corrected chi connectivity index (χ1v) is 13.8. The van der Waals surface area contributed by atoms with Crippen molar-refractivity contribution < 1.29 is 18.0 Å². The molecule has 0 aliphatic heterocycles. The van der Waals surface area contributed by atoms with E-state index in [2.05, 4.69) is 5.32 Å². The van der Waals surface area contributed by atoms with E-state index in [0.29, 0.717) is 17.1 Å². The Hall–Kier alpha value is -2.58. The van der Waals surface area contributed by atoms with Crippen LogP contribution in [0, 0.1) is 13.8 Å². The minimum absolute atomic E-state index is 0.169. The van der Waals surface area contributed by atoms with Gasteiger partial charge in [-0.2, -0.15) is 0 Å². The molecule has 2 aromatic rings. The first-order chi connectivity index (χ1) is 16.1. The van der Waals surface area contributed by atoms with Crippen molar-refractivity contribution in [1.29, 1.82) is 0 Å². The molecule has 0 radical (unpaired) electrons. The van der Waals surface area contributed by atoms with Crippen LogP contribution >= 0.6 is 11.6 Å². The van der Waals surface area contributed by atoms with E-state index in [4.69, 9.17) is 11.6 Å². The van der Waals surface area contributed by atoms with Crippen LogP contribution in [0.15, 0.2) is 42.5 Å². The van der Waals surface area contributed by atoms with E-state index in [-0.39, 0.29) is 12.5 Å². The molecular weight excluding hydrogens is 486 g/mol. The van der Waals surface area contributed by atoms with Gasteiger partial charge in [0.1, 0.15) is 12.6 Å². The van der Waals surface area contributed by atoms with Crippen LogP contribution < -0.4 is 9.62 Å². The summed E-state index contributed by atoms with van der Waals surface area (Å²) in [6.45, 7) is 10.9. The van der Waals surface area contributed by atoms with Crippen molar-refractivity contribution in [2.45, 2.75) is 66.1 Å². The summed E-state index contributed by atoms with van der Waals surface area (Å²) in [6, 6.07) is 11.7. The number of amides is 2. The van der Waals surface area contributed by atoms with Crippen LogP contribution in [0.4, 0.5) is 5.69 Å². The van der Waals surface area contributed by atoms with E-state index in [1.807, 2.05) is 65.8 Å². The molecule has 0 aromatic heterocycles. The topological polar surface area (TPSA) is 86.8 Å². The highest BCUT2D eigenvalue weighted by molar-refractivity contribution is 7.92. The second-order valence-corrected chi connectivity index (χ2v) is 12.2. The van der Waals surface area contributed by atoms with Crippen LogP contribution in [-0.2, 0) is 26.2 Å². The predicted molar refractivity (Wildman–Crippen MR) is 142 cm³/mol. The van der Waals surface area contributed by atoms with Gasteiger partial charge in [0.15, 0.2) is 0 Å². The molecule has 0 aliphatic rings.